The number of hydrogen-bond acceptors (Lipinski definition) is 1. The van der Waals surface area contributed by atoms with E-state index in [0.29, 0.717) is 5.56 Å². The minimum absolute atomic E-state index is 0.291. The van der Waals surface area contributed by atoms with Gasteiger partial charge in [-0.3, -0.25) is 0 Å². The van der Waals surface area contributed by atoms with Crippen LogP contribution in [0.3, 0.4) is 0 Å². The standard InChI is InChI=1S/C10H12F3N/c1-2-14-9-5-3-8(4-6-9)7-10(11,12)13/h3-6,14H,2,7H2,1H3. The summed E-state index contributed by atoms with van der Waals surface area (Å²) in [7, 11) is 0. The van der Waals surface area contributed by atoms with Gasteiger partial charge in [0, 0.05) is 12.2 Å². The topological polar surface area (TPSA) is 12.0 Å². The van der Waals surface area contributed by atoms with Crippen molar-refractivity contribution in [3.63, 3.8) is 0 Å². The van der Waals surface area contributed by atoms with Gasteiger partial charge in [-0.25, -0.2) is 0 Å². The summed E-state index contributed by atoms with van der Waals surface area (Å²) in [4.78, 5) is 0. The van der Waals surface area contributed by atoms with E-state index in [-0.39, 0.29) is 0 Å². The van der Waals surface area contributed by atoms with Crippen LogP contribution in [0.25, 0.3) is 0 Å². The number of benzene rings is 1. The van der Waals surface area contributed by atoms with Gasteiger partial charge in [-0.2, -0.15) is 13.2 Å². The highest BCUT2D eigenvalue weighted by Gasteiger charge is 2.27. The van der Waals surface area contributed by atoms with E-state index in [0.717, 1.165) is 12.2 Å². The molecule has 0 aliphatic carbocycles. The van der Waals surface area contributed by atoms with Crippen molar-refractivity contribution in [3.05, 3.63) is 29.8 Å². The van der Waals surface area contributed by atoms with Crippen LogP contribution in [0.4, 0.5) is 18.9 Å². The molecule has 4 heteroatoms. The number of anilines is 1. The summed E-state index contributed by atoms with van der Waals surface area (Å²) in [6.45, 7) is 2.70. The number of alkyl halides is 3. The molecule has 0 atom stereocenters. The Hall–Kier alpha value is -1.19. The van der Waals surface area contributed by atoms with E-state index in [1.807, 2.05) is 6.92 Å². The SMILES string of the molecule is CCNc1ccc(CC(F)(F)F)cc1. The Labute approximate surface area is 80.9 Å². The third kappa shape index (κ3) is 3.68. The lowest BCUT2D eigenvalue weighted by atomic mass is 10.1. The molecule has 14 heavy (non-hydrogen) atoms. The Bertz CT molecular complexity index is 276. The van der Waals surface area contributed by atoms with Crippen molar-refractivity contribution in [3.8, 4) is 0 Å². The van der Waals surface area contributed by atoms with Crippen molar-refractivity contribution in [1.82, 2.24) is 0 Å². The smallest absolute Gasteiger partial charge is 0.385 e. The summed E-state index contributed by atoms with van der Waals surface area (Å²) in [6.07, 6.45) is -4.99. The molecule has 1 aromatic carbocycles. The zero-order valence-electron chi connectivity index (χ0n) is 7.86. The maximum atomic E-state index is 12.0. The van der Waals surface area contributed by atoms with Gasteiger partial charge in [-0.1, -0.05) is 12.1 Å². The minimum Gasteiger partial charge on any atom is -0.385 e. The first kappa shape index (κ1) is 10.9. The third-order valence-electron chi connectivity index (χ3n) is 1.74. The van der Waals surface area contributed by atoms with Crippen molar-refractivity contribution in [1.29, 1.82) is 0 Å². The van der Waals surface area contributed by atoms with Crippen LogP contribution in [0, 0.1) is 0 Å². The number of nitrogens with one attached hydrogen (secondary N) is 1. The normalized spacial score (nSPS) is 11.4. The van der Waals surface area contributed by atoms with Crippen molar-refractivity contribution >= 4 is 5.69 Å². The van der Waals surface area contributed by atoms with Gasteiger partial charge in [0.25, 0.3) is 0 Å². The summed E-state index contributed by atoms with van der Waals surface area (Å²) in [5.74, 6) is 0. The van der Waals surface area contributed by atoms with E-state index >= 15 is 0 Å². The highest BCUT2D eigenvalue weighted by Crippen LogP contribution is 2.21. The van der Waals surface area contributed by atoms with Crippen molar-refractivity contribution in [2.75, 3.05) is 11.9 Å². The van der Waals surface area contributed by atoms with Crippen molar-refractivity contribution in [2.24, 2.45) is 0 Å². The molecule has 0 unspecified atom stereocenters. The molecule has 1 N–H and O–H groups in total. The Morgan fingerprint density at radius 1 is 1.14 bits per heavy atom. The molecule has 0 saturated heterocycles. The molecule has 0 aliphatic heterocycles. The molecule has 0 aromatic heterocycles. The number of hydrogen-bond donors (Lipinski definition) is 1. The molecule has 0 fully saturated rings. The summed E-state index contributed by atoms with van der Waals surface area (Å²) in [5.41, 5.74) is 1.14. The quantitative estimate of drug-likeness (QED) is 0.795. The van der Waals surface area contributed by atoms with Crippen LogP contribution in [0.2, 0.25) is 0 Å². The molecule has 0 spiro atoms. The van der Waals surface area contributed by atoms with Gasteiger partial charge in [0.2, 0.25) is 0 Å². The molecule has 0 bridgehead atoms. The zero-order chi connectivity index (χ0) is 10.6. The highest BCUT2D eigenvalue weighted by atomic mass is 19.4. The second-order valence-electron chi connectivity index (χ2n) is 3.02. The average Bonchev–Trinajstić information content (AvgIpc) is 2.06. The van der Waals surface area contributed by atoms with Gasteiger partial charge in [0.1, 0.15) is 0 Å². The molecule has 1 rings (SSSR count). The molecular formula is C10H12F3N. The van der Waals surface area contributed by atoms with Gasteiger partial charge in [0.05, 0.1) is 6.42 Å². The van der Waals surface area contributed by atoms with Crippen molar-refractivity contribution in [2.45, 2.75) is 19.5 Å². The monoisotopic (exact) mass is 203 g/mol. The minimum atomic E-state index is -4.13. The lowest BCUT2D eigenvalue weighted by Crippen LogP contribution is -2.11. The van der Waals surface area contributed by atoms with E-state index in [1.54, 1.807) is 12.1 Å². The van der Waals surface area contributed by atoms with Crippen LogP contribution < -0.4 is 5.32 Å². The molecule has 0 saturated carbocycles. The first-order chi connectivity index (χ1) is 6.51. The fourth-order valence-electron chi connectivity index (χ4n) is 1.18. The summed E-state index contributed by atoms with van der Waals surface area (Å²) in [6, 6.07) is 6.30. The Balaban J connectivity index is 2.64. The predicted octanol–water partition coefficient (Wildman–Crippen LogP) is 3.22. The second kappa shape index (κ2) is 4.35. The summed E-state index contributed by atoms with van der Waals surface area (Å²) < 4.78 is 35.9. The van der Waals surface area contributed by atoms with Crippen LogP contribution in [0.5, 0.6) is 0 Å². The predicted molar refractivity (Wildman–Crippen MR) is 50.4 cm³/mol. The largest absolute Gasteiger partial charge is 0.393 e. The zero-order valence-corrected chi connectivity index (χ0v) is 7.86. The molecule has 0 aliphatic rings. The molecule has 0 heterocycles. The molecule has 78 valence electrons. The summed E-state index contributed by atoms with van der Waals surface area (Å²) in [5, 5.41) is 3.02. The average molecular weight is 203 g/mol. The van der Waals surface area contributed by atoms with Gasteiger partial charge < -0.3 is 5.32 Å². The van der Waals surface area contributed by atoms with Crippen LogP contribution in [-0.4, -0.2) is 12.7 Å². The van der Waals surface area contributed by atoms with E-state index < -0.39 is 12.6 Å². The lowest BCUT2D eigenvalue weighted by molar-refractivity contribution is -0.127. The maximum absolute atomic E-state index is 12.0. The van der Waals surface area contributed by atoms with Gasteiger partial charge in [-0.15, -0.1) is 0 Å². The van der Waals surface area contributed by atoms with Crippen LogP contribution in [0.1, 0.15) is 12.5 Å². The molecular weight excluding hydrogens is 191 g/mol. The molecule has 0 radical (unpaired) electrons. The fourth-order valence-corrected chi connectivity index (χ4v) is 1.18. The highest BCUT2D eigenvalue weighted by molar-refractivity contribution is 5.44. The second-order valence-corrected chi connectivity index (χ2v) is 3.02. The van der Waals surface area contributed by atoms with Crippen LogP contribution >= 0.6 is 0 Å². The number of rotatable bonds is 3. The fraction of sp³-hybridized carbons (Fsp3) is 0.400. The van der Waals surface area contributed by atoms with E-state index in [1.165, 1.54) is 12.1 Å². The summed E-state index contributed by atoms with van der Waals surface area (Å²) >= 11 is 0. The Morgan fingerprint density at radius 2 is 1.71 bits per heavy atom. The van der Waals surface area contributed by atoms with E-state index in [9.17, 15) is 13.2 Å². The van der Waals surface area contributed by atoms with Crippen LogP contribution in [0.15, 0.2) is 24.3 Å². The Morgan fingerprint density at radius 3 is 2.14 bits per heavy atom. The van der Waals surface area contributed by atoms with Crippen molar-refractivity contribution < 1.29 is 13.2 Å². The Kier molecular flexibility index (Phi) is 3.38. The van der Waals surface area contributed by atoms with E-state index in [2.05, 4.69) is 5.32 Å². The number of halogens is 3. The molecule has 0 amide bonds. The van der Waals surface area contributed by atoms with Gasteiger partial charge in [-0.05, 0) is 24.6 Å². The first-order valence-electron chi connectivity index (χ1n) is 4.41. The van der Waals surface area contributed by atoms with Gasteiger partial charge >= 0.3 is 6.18 Å². The molecule has 1 nitrogen and oxygen atoms in total. The van der Waals surface area contributed by atoms with E-state index in [4.69, 9.17) is 0 Å². The van der Waals surface area contributed by atoms with Crippen LogP contribution in [-0.2, 0) is 6.42 Å². The maximum Gasteiger partial charge on any atom is 0.393 e. The first-order valence-corrected chi connectivity index (χ1v) is 4.41. The lowest BCUT2D eigenvalue weighted by Gasteiger charge is -2.07. The van der Waals surface area contributed by atoms with Gasteiger partial charge in [0.15, 0.2) is 0 Å². The third-order valence-corrected chi connectivity index (χ3v) is 1.74. The molecule has 1 aromatic rings.